The van der Waals surface area contributed by atoms with Gasteiger partial charge in [-0.1, -0.05) is 26.2 Å². The minimum Gasteiger partial charge on any atom is -0.313 e. The minimum absolute atomic E-state index is 0.574. The molecule has 1 heterocycles. The molecule has 2 rings (SSSR count). The smallest absolute Gasteiger partial charge is 0.141 e. The molecule has 90 valence electrons. The van der Waals surface area contributed by atoms with Crippen LogP contribution in [-0.4, -0.2) is 21.8 Å². The van der Waals surface area contributed by atoms with Crippen LogP contribution in [0.15, 0.2) is 6.33 Å². The van der Waals surface area contributed by atoms with Crippen LogP contribution < -0.4 is 5.32 Å². The first-order valence-electron chi connectivity index (χ1n) is 6.39. The molecule has 0 amide bonds. The number of hydrogen-bond acceptors (Lipinski definition) is 3. The van der Waals surface area contributed by atoms with Crippen molar-refractivity contribution in [2.24, 2.45) is 5.92 Å². The summed E-state index contributed by atoms with van der Waals surface area (Å²) in [5.41, 5.74) is 0. The monoisotopic (exact) mass is 222 g/mol. The van der Waals surface area contributed by atoms with Crippen molar-refractivity contribution in [2.75, 3.05) is 7.05 Å². The molecular formula is C12H22N4. The van der Waals surface area contributed by atoms with E-state index in [0.29, 0.717) is 6.04 Å². The second-order valence-electron chi connectivity index (χ2n) is 4.67. The van der Waals surface area contributed by atoms with Crippen molar-refractivity contribution in [2.45, 2.75) is 51.6 Å². The van der Waals surface area contributed by atoms with Gasteiger partial charge in [-0.25, -0.2) is 9.67 Å². The van der Waals surface area contributed by atoms with E-state index in [1.165, 1.54) is 32.1 Å². The summed E-state index contributed by atoms with van der Waals surface area (Å²) < 4.78 is 2.16. The van der Waals surface area contributed by atoms with Crippen molar-refractivity contribution in [3.05, 3.63) is 12.2 Å². The fourth-order valence-corrected chi connectivity index (χ4v) is 2.82. The van der Waals surface area contributed by atoms with E-state index in [-0.39, 0.29) is 0 Å². The van der Waals surface area contributed by atoms with Gasteiger partial charge in [-0.05, 0) is 25.8 Å². The van der Waals surface area contributed by atoms with Crippen molar-refractivity contribution in [1.82, 2.24) is 20.1 Å². The number of rotatable bonds is 4. The summed E-state index contributed by atoms with van der Waals surface area (Å²) in [7, 11) is 1.96. The van der Waals surface area contributed by atoms with E-state index in [0.717, 1.165) is 18.3 Å². The highest BCUT2D eigenvalue weighted by atomic mass is 15.4. The minimum atomic E-state index is 0.574. The number of nitrogens with zero attached hydrogens (tertiary/aromatic N) is 3. The van der Waals surface area contributed by atoms with Crippen molar-refractivity contribution in [3.63, 3.8) is 0 Å². The summed E-state index contributed by atoms with van der Waals surface area (Å²) in [5, 5.41) is 7.58. The predicted octanol–water partition coefficient (Wildman–Crippen LogP) is 2.14. The van der Waals surface area contributed by atoms with Crippen LogP contribution in [0.2, 0.25) is 0 Å². The molecule has 0 spiro atoms. The molecule has 2 unspecified atom stereocenters. The maximum Gasteiger partial charge on any atom is 0.141 e. The van der Waals surface area contributed by atoms with Crippen LogP contribution in [-0.2, 0) is 6.54 Å². The highest BCUT2D eigenvalue weighted by Gasteiger charge is 2.27. The molecule has 0 aliphatic heterocycles. The van der Waals surface area contributed by atoms with E-state index < -0.39 is 0 Å². The molecule has 16 heavy (non-hydrogen) atoms. The van der Waals surface area contributed by atoms with Crippen molar-refractivity contribution in [1.29, 1.82) is 0 Å². The average molecular weight is 222 g/mol. The van der Waals surface area contributed by atoms with Gasteiger partial charge in [-0.3, -0.25) is 0 Å². The molecule has 1 aromatic heterocycles. The zero-order chi connectivity index (χ0) is 11.4. The Bertz CT molecular complexity index is 321. The molecule has 1 aromatic rings. The summed E-state index contributed by atoms with van der Waals surface area (Å²) in [6, 6.07) is 0.574. The Morgan fingerprint density at radius 2 is 2.25 bits per heavy atom. The van der Waals surface area contributed by atoms with E-state index in [9.17, 15) is 0 Å². The molecule has 0 bridgehead atoms. The van der Waals surface area contributed by atoms with E-state index in [2.05, 4.69) is 27.0 Å². The molecule has 2 atom stereocenters. The standard InChI is InChI=1S/C12H22N4/c1-3-10-6-4-5-7-11(10)16-12(8-13-2)14-9-15-16/h9-11,13H,3-8H2,1-2H3. The Kier molecular flexibility index (Phi) is 3.93. The lowest BCUT2D eigenvalue weighted by atomic mass is 9.83. The van der Waals surface area contributed by atoms with E-state index >= 15 is 0 Å². The van der Waals surface area contributed by atoms with Gasteiger partial charge in [0.15, 0.2) is 0 Å². The molecule has 1 saturated carbocycles. The summed E-state index contributed by atoms with van der Waals surface area (Å²) in [6.07, 6.45) is 8.27. The number of hydrogen-bond donors (Lipinski definition) is 1. The first-order chi connectivity index (χ1) is 7.86. The van der Waals surface area contributed by atoms with Gasteiger partial charge in [0, 0.05) is 0 Å². The third-order valence-corrected chi connectivity index (χ3v) is 3.69. The van der Waals surface area contributed by atoms with Crippen LogP contribution in [0, 0.1) is 5.92 Å². The van der Waals surface area contributed by atoms with Gasteiger partial charge in [0.1, 0.15) is 12.2 Å². The first kappa shape index (κ1) is 11.6. The molecule has 4 heteroatoms. The topological polar surface area (TPSA) is 42.7 Å². The van der Waals surface area contributed by atoms with Gasteiger partial charge in [-0.2, -0.15) is 5.10 Å². The second-order valence-corrected chi connectivity index (χ2v) is 4.67. The van der Waals surface area contributed by atoms with Crippen LogP contribution >= 0.6 is 0 Å². The summed E-state index contributed by atoms with van der Waals surface area (Å²) >= 11 is 0. The molecule has 1 fully saturated rings. The van der Waals surface area contributed by atoms with Crippen LogP contribution in [0.1, 0.15) is 50.9 Å². The fraction of sp³-hybridized carbons (Fsp3) is 0.833. The third-order valence-electron chi connectivity index (χ3n) is 3.69. The lowest BCUT2D eigenvalue weighted by Gasteiger charge is -2.31. The molecule has 4 nitrogen and oxygen atoms in total. The van der Waals surface area contributed by atoms with Crippen LogP contribution in [0.3, 0.4) is 0 Å². The zero-order valence-corrected chi connectivity index (χ0v) is 10.3. The normalized spacial score (nSPS) is 25.9. The number of aromatic nitrogens is 3. The quantitative estimate of drug-likeness (QED) is 0.848. The van der Waals surface area contributed by atoms with Gasteiger partial charge in [-0.15, -0.1) is 0 Å². The lowest BCUT2D eigenvalue weighted by molar-refractivity contribution is 0.212. The first-order valence-corrected chi connectivity index (χ1v) is 6.39. The SMILES string of the molecule is CCC1CCCCC1n1ncnc1CNC. The summed E-state index contributed by atoms with van der Waals surface area (Å²) in [4.78, 5) is 4.34. The van der Waals surface area contributed by atoms with E-state index in [4.69, 9.17) is 0 Å². The summed E-state index contributed by atoms with van der Waals surface area (Å²) in [5.74, 6) is 1.86. The third kappa shape index (κ3) is 2.26. The zero-order valence-electron chi connectivity index (χ0n) is 10.3. The highest BCUT2D eigenvalue weighted by molar-refractivity contribution is 4.90. The molecule has 1 N–H and O–H groups in total. The fourth-order valence-electron chi connectivity index (χ4n) is 2.82. The van der Waals surface area contributed by atoms with Gasteiger partial charge < -0.3 is 5.32 Å². The molecule has 0 saturated heterocycles. The van der Waals surface area contributed by atoms with Crippen molar-refractivity contribution < 1.29 is 0 Å². The second kappa shape index (κ2) is 5.43. The molecule has 1 aliphatic carbocycles. The van der Waals surface area contributed by atoms with Crippen molar-refractivity contribution in [3.8, 4) is 0 Å². The van der Waals surface area contributed by atoms with Gasteiger partial charge in [0.05, 0.1) is 12.6 Å². The molecule has 1 aliphatic rings. The Hall–Kier alpha value is -0.900. The maximum atomic E-state index is 4.42. The van der Waals surface area contributed by atoms with Gasteiger partial charge in [0.2, 0.25) is 0 Å². The van der Waals surface area contributed by atoms with Gasteiger partial charge in [0.25, 0.3) is 0 Å². The van der Waals surface area contributed by atoms with Gasteiger partial charge >= 0.3 is 0 Å². The van der Waals surface area contributed by atoms with E-state index in [1.54, 1.807) is 6.33 Å². The number of nitrogens with one attached hydrogen (secondary N) is 1. The Morgan fingerprint density at radius 1 is 1.44 bits per heavy atom. The Morgan fingerprint density at radius 3 is 3.00 bits per heavy atom. The molecule has 0 aromatic carbocycles. The summed E-state index contributed by atoms with van der Waals surface area (Å²) in [6.45, 7) is 3.10. The van der Waals surface area contributed by atoms with E-state index in [1.807, 2.05) is 7.05 Å². The lowest BCUT2D eigenvalue weighted by Crippen LogP contribution is -2.26. The average Bonchev–Trinajstić information content (AvgIpc) is 2.77. The van der Waals surface area contributed by atoms with Crippen LogP contribution in [0.25, 0.3) is 0 Å². The van der Waals surface area contributed by atoms with Crippen LogP contribution in [0.5, 0.6) is 0 Å². The Labute approximate surface area is 97.5 Å². The highest BCUT2D eigenvalue weighted by Crippen LogP contribution is 2.35. The maximum absolute atomic E-state index is 4.42. The molecular weight excluding hydrogens is 200 g/mol. The predicted molar refractivity (Wildman–Crippen MR) is 64.1 cm³/mol. The van der Waals surface area contributed by atoms with Crippen LogP contribution in [0.4, 0.5) is 0 Å². The van der Waals surface area contributed by atoms with Crippen molar-refractivity contribution >= 4 is 0 Å². The molecule has 0 radical (unpaired) electrons. The Balaban J connectivity index is 2.16. The largest absolute Gasteiger partial charge is 0.313 e.